The van der Waals surface area contributed by atoms with Gasteiger partial charge in [0.15, 0.2) is 0 Å². The Morgan fingerprint density at radius 1 is 1.22 bits per heavy atom. The normalized spacial score (nSPS) is 16.2. The quantitative estimate of drug-likeness (QED) is 0.780. The summed E-state index contributed by atoms with van der Waals surface area (Å²) in [6, 6.07) is 6.13. The number of piperazine rings is 1. The van der Waals surface area contributed by atoms with Crippen LogP contribution in [0, 0.1) is 6.92 Å². The summed E-state index contributed by atoms with van der Waals surface area (Å²) in [6.07, 6.45) is 0. The van der Waals surface area contributed by atoms with E-state index < -0.39 is 0 Å². The molecule has 2 heterocycles. The molecule has 94 valence electrons. The summed E-state index contributed by atoms with van der Waals surface area (Å²) < 4.78 is 0. The maximum atomic E-state index is 6.07. The number of anilines is 2. The summed E-state index contributed by atoms with van der Waals surface area (Å²) in [5, 5.41) is 4.33. The molecule has 0 amide bonds. The van der Waals surface area contributed by atoms with E-state index in [1.165, 1.54) is 0 Å². The Balaban J connectivity index is 2.16. The van der Waals surface area contributed by atoms with E-state index in [-0.39, 0.29) is 0 Å². The largest absolute Gasteiger partial charge is 0.383 e. The maximum Gasteiger partial charge on any atom is 0.137 e. The molecule has 0 unspecified atom stereocenters. The molecular formula is C13H17N5. The SMILES string of the molecule is Cc1nc(N)c2c(N3CCNCC3)cccc2n1. The summed E-state index contributed by atoms with van der Waals surface area (Å²) in [5.41, 5.74) is 8.14. The van der Waals surface area contributed by atoms with Crippen LogP contribution in [0.4, 0.5) is 11.5 Å². The summed E-state index contributed by atoms with van der Waals surface area (Å²) in [4.78, 5) is 11.1. The van der Waals surface area contributed by atoms with Gasteiger partial charge in [-0.2, -0.15) is 0 Å². The second-order valence-electron chi connectivity index (χ2n) is 4.56. The first kappa shape index (κ1) is 11.2. The number of rotatable bonds is 1. The number of nitrogens with two attached hydrogens (primary N) is 1. The fourth-order valence-electron chi connectivity index (χ4n) is 2.48. The van der Waals surface area contributed by atoms with Gasteiger partial charge in [0.25, 0.3) is 0 Å². The van der Waals surface area contributed by atoms with E-state index in [1.54, 1.807) is 0 Å². The second-order valence-corrected chi connectivity index (χ2v) is 4.56. The smallest absolute Gasteiger partial charge is 0.137 e. The Kier molecular flexibility index (Phi) is 2.76. The minimum absolute atomic E-state index is 0.576. The highest BCUT2D eigenvalue weighted by molar-refractivity contribution is 5.99. The van der Waals surface area contributed by atoms with E-state index in [0.717, 1.165) is 48.6 Å². The van der Waals surface area contributed by atoms with Gasteiger partial charge in [0.1, 0.15) is 11.6 Å². The molecule has 3 N–H and O–H groups in total. The number of hydrogen-bond donors (Lipinski definition) is 2. The number of nitrogens with one attached hydrogen (secondary N) is 1. The Hall–Kier alpha value is -1.88. The number of fused-ring (bicyclic) bond motifs is 1. The molecule has 1 aromatic heterocycles. The fourth-order valence-corrected chi connectivity index (χ4v) is 2.48. The summed E-state index contributed by atoms with van der Waals surface area (Å²) >= 11 is 0. The van der Waals surface area contributed by atoms with Crippen LogP contribution in [-0.4, -0.2) is 36.1 Å². The van der Waals surface area contributed by atoms with E-state index in [1.807, 2.05) is 19.1 Å². The highest BCUT2D eigenvalue weighted by atomic mass is 15.2. The molecule has 0 atom stereocenters. The third kappa shape index (κ3) is 1.86. The lowest BCUT2D eigenvalue weighted by Crippen LogP contribution is -2.43. The van der Waals surface area contributed by atoms with Gasteiger partial charge in [0.2, 0.25) is 0 Å². The van der Waals surface area contributed by atoms with Gasteiger partial charge in [-0.05, 0) is 19.1 Å². The van der Waals surface area contributed by atoms with Crippen molar-refractivity contribution in [2.75, 3.05) is 36.8 Å². The van der Waals surface area contributed by atoms with Crippen LogP contribution >= 0.6 is 0 Å². The molecule has 1 aromatic carbocycles. The third-order valence-corrected chi connectivity index (χ3v) is 3.30. The molecular weight excluding hydrogens is 226 g/mol. The van der Waals surface area contributed by atoms with Crippen molar-refractivity contribution in [1.29, 1.82) is 0 Å². The van der Waals surface area contributed by atoms with E-state index in [2.05, 4.69) is 26.3 Å². The predicted molar refractivity (Wildman–Crippen MR) is 73.8 cm³/mol. The highest BCUT2D eigenvalue weighted by Crippen LogP contribution is 2.29. The first-order valence-electron chi connectivity index (χ1n) is 6.24. The Morgan fingerprint density at radius 2 is 2.00 bits per heavy atom. The van der Waals surface area contributed by atoms with Crippen molar-refractivity contribution >= 4 is 22.4 Å². The van der Waals surface area contributed by atoms with Gasteiger partial charge in [0.05, 0.1) is 10.9 Å². The second kappa shape index (κ2) is 4.42. The molecule has 1 saturated heterocycles. The lowest BCUT2D eigenvalue weighted by atomic mass is 10.1. The van der Waals surface area contributed by atoms with Crippen LogP contribution in [0.2, 0.25) is 0 Å². The molecule has 2 aromatic rings. The van der Waals surface area contributed by atoms with Gasteiger partial charge >= 0.3 is 0 Å². The Bertz CT molecular complexity index is 575. The number of aromatic nitrogens is 2. The van der Waals surface area contributed by atoms with Crippen molar-refractivity contribution in [2.45, 2.75) is 6.92 Å². The van der Waals surface area contributed by atoms with Gasteiger partial charge < -0.3 is 16.0 Å². The van der Waals surface area contributed by atoms with Gasteiger partial charge in [-0.25, -0.2) is 9.97 Å². The molecule has 5 heteroatoms. The minimum Gasteiger partial charge on any atom is -0.383 e. The monoisotopic (exact) mass is 243 g/mol. The first-order valence-corrected chi connectivity index (χ1v) is 6.24. The van der Waals surface area contributed by atoms with E-state index in [0.29, 0.717) is 5.82 Å². The lowest BCUT2D eigenvalue weighted by Gasteiger charge is -2.30. The van der Waals surface area contributed by atoms with Crippen molar-refractivity contribution in [3.8, 4) is 0 Å². The van der Waals surface area contributed by atoms with Crippen LogP contribution in [0.15, 0.2) is 18.2 Å². The van der Waals surface area contributed by atoms with Crippen LogP contribution in [0.5, 0.6) is 0 Å². The first-order chi connectivity index (χ1) is 8.75. The fraction of sp³-hybridized carbons (Fsp3) is 0.385. The molecule has 0 bridgehead atoms. The Labute approximate surface area is 106 Å². The van der Waals surface area contributed by atoms with Crippen LogP contribution in [0.1, 0.15) is 5.82 Å². The van der Waals surface area contributed by atoms with Crippen LogP contribution in [0.25, 0.3) is 10.9 Å². The van der Waals surface area contributed by atoms with Gasteiger partial charge in [0, 0.05) is 31.9 Å². The molecule has 1 aliphatic rings. The molecule has 0 aliphatic carbocycles. The maximum absolute atomic E-state index is 6.07. The number of nitrogens with zero attached hydrogens (tertiary/aromatic N) is 3. The molecule has 18 heavy (non-hydrogen) atoms. The van der Waals surface area contributed by atoms with Crippen LogP contribution in [-0.2, 0) is 0 Å². The average molecular weight is 243 g/mol. The summed E-state index contributed by atoms with van der Waals surface area (Å²) in [6.45, 7) is 5.86. The van der Waals surface area contributed by atoms with Crippen LogP contribution in [0.3, 0.4) is 0 Å². The zero-order chi connectivity index (χ0) is 12.5. The van der Waals surface area contributed by atoms with Crippen molar-refractivity contribution in [3.63, 3.8) is 0 Å². The Morgan fingerprint density at radius 3 is 2.78 bits per heavy atom. The molecule has 1 aliphatic heterocycles. The molecule has 3 rings (SSSR count). The average Bonchev–Trinajstić information content (AvgIpc) is 2.38. The van der Waals surface area contributed by atoms with Gasteiger partial charge in [-0.3, -0.25) is 0 Å². The van der Waals surface area contributed by atoms with E-state index >= 15 is 0 Å². The van der Waals surface area contributed by atoms with Gasteiger partial charge in [-0.15, -0.1) is 0 Å². The van der Waals surface area contributed by atoms with Crippen molar-refractivity contribution in [2.24, 2.45) is 0 Å². The number of hydrogen-bond acceptors (Lipinski definition) is 5. The molecule has 5 nitrogen and oxygen atoms in total. The van der Waals surface area contributed by atoms with Gasteiger partial charge in [-0.1, -0.05) is 6.07 Å². The summed E-state index contributed by atoms with van der Waals surface area (Å²) in [5.74, 6) is 1.30. The molecule has 1 fully saturated rings. The topological polar surface area (TPSA) is 67.1 Å². The predicted octanol–water partition coefficient (Wildman–Crippen LogP) is 0.930. The summed E-state index contributed by atoms with van der Waals surface area (Å²) in [7, 11) is 0. The standard InChI is InChI=1S/C13H17N5/c1-9-16-10-3-2-4-11(12(10)13(14)17-9)18-7-5-15-6-8-18/h2-4,15H,5-8H2,1H3,(H2,14,16,17). The minimum atomic E-state index is 0.576. The zero-order valence-electron chi connectivity index (χ0n) is 10.5. The lowest BCUT2D eigenvalue weighted by molar-refractivity contribution is 0.590. The zero-order valence-corrected chi connectivity index (χ0v) is 10.5. The van der Waals surface area contributed by atoms with Crippen molar-refractivity contribution in [1.82, 2.24) is 15.3 Å². The molecule has 0 radical (unpaired) electrons. The van der Waals surface area contributed by atoms with E-state index in [9.17, 15) is 0 Å². The van der Waals surface area contributed by atoms with Crippen molar-refractivity contribution < 1.29 is 0 Å². The number of benzene rings is 1. The molecule has 0 spiro atoms. The third-order valence-electron chi connectivity index (χ3n) is 3.30. The number of nitrogen functional groups attached to an aromatic ring is 1. The van der Waals surface area contributed by atoms with Crippen molar-refractivity contribution in [3.05, 3.63) is 24.0 Å². The van der Waals surface area contributed by atoms with Crippen LogP contribution < -0.4 is 16.0 Å². The molecule has 0 saturated carbocycles. The number of aryl methyl sites for hydroxylation is 1. The van der Waals surface area contributed by atoms with E-state index in [4.69, 9.17) is 5.73 Å². The highest BCUT2D eigenvalue weighted by Gasteiger charge is 2.15.